The first-order valence-corrected chi connectivity index (χ1v) is 7.09. The number of carbonyl (C=O) groups is 1. The Morgan fingerprint density at radius 2 is 2.20 bits per heavy atom. The molecule has 0 spiro atoms. The van der Waals surface area contributed by atoms with Crippen LogP contribution in [0.25, 0.3) is 6.08 Å². The monoisotopic (exact) mass is 272 g/mol. The third-order valence-electron chi connectivity index (χ3n) is 3.84. The van der Waals surface area contributed by atoms with Crippen molar-refractivity contribution >= 4 is 12.0 Å². The average molecular weight is 272 g/mol. The molecule has 4 heteroatoms. The molecule has 2 atom stereocenters. The minimum Gasteiger partial charge on any atom is -0.462 e. The van der Waals surface area contributed by atoms with Gasteiger partial charge in [0.1, 0.15) is 23.2 Å². The van der Waals surface area contributed by atoms with E-state index in [1.807, 2.05) is 19.1 Å². The average Bonchev–Trinajstić information content (AvgIpc) is 2.84. The quantitative estimate of drug-likeness (QED) is 0.678. The molecule has 0 bridgehead atoms. The number of amides is 1. The van der Waals surface area contributed by atoms with Gasteiger partial charge in [0.05, 0.1) is 0 Å². The van der Waals surface area contributed by atoms with Crippen LogP contribution in [-0.4, -0.2) is 11.9 Å². The van der Waals surface area contributed by atoms with Gasteiger partial charge in [0.15, 0.2) is 0 Å². The topological polar surface area (TPSA) is 66.0 Å². The Hall–Kier alpha value is -2.02. The molecule has 1 N–H and O–H groups in total. The maximum atomic E-state index is 12.2. The smallest absolute Gasteiger partial charge is 0.262 e. The van der Waals surface area contributed by atoms with Crippen LogP contribution in [0.15, 0.2) is 22.1 Å². The molecule has 1 saturated carbocycles. The molecule has 0 aliphatic heterocycles. The summed E-state index contributed by atoms with van der Waals surface area (Å²) >= 11 is 0. The summed E-state index contributed by atoms with van der Waals surface area (Å²) in [5.41, 5.74) is 0.0946. The van der Waals surface area contributed by atoms with Crippen molar-refractivity contribution in [2.45, 2.75) is 45.6 Å². The lowest BCUT2D eigenvalue weighted by molar-refractivity contribution is -0.118. The molecule has 0 saturated heterocycles. The maximum absolute atomic E-state index is 12.2. The zero-order valence-corrected chi connectivity index (χ0v) is 12.0. The molecule has 1 heterocycles. The number of aryl methyl sites for hydroxylation is 1. The van der Waals surface area contributed by atoms with E-state index in [0.717, 1.165) is 25.0 Å². The zero-order chi connectivity index (χ0) is 14.5. The molecule has 2 rings (SSSR count). The molecule has 1 aromatic rings. The highest BCUT2D eigenvalue weighted by Gasteiger charge is 2.24. The summed E-state index contributed by atoms with van der Waals surface area (Å²) in [4.78, 5) is 12.2. The lowest BCUT2D eigenvalue weighted by Crippen LogP contribution is -2.41. The van der Waals surface area contributed by atoms with Crippen LogP contribution in [0.4, 0.5) is 0 Å². The molecule has 1 amide bonds. The number of nitrogens with one attached hydrogen (secondary N) is 1. The standard InChI is InChI=1S/C16H20N2O2/c1-11-5-3-4-6-15(11)18-16(19)13(10-17)9-14-8-7-12(2)20-14/h7-9,11,15H,3-6H2,1-2H3,(H,18,19)/b13-9-/t11-,15+/m1/s1. The van der Waals surface area contributed by atoms with Crippen molar-refractivity contribution < 1.29 is 9.21 Å². The van der Waals surface area contributed by atoms with Crippen molar-refractivity contribution in [2.75, 3.05) is 0 Å². The van der Waals surface area contributed by atoms with Crippen molar-refractivity contribution in [3.63, 3.8) is 0 Å². The van der Waals surface area contributed by atoms with E-state index < -0.39 is 0 Å². The predicted molar refractivity (Wildman–Crippen MR) is 76.6 cm³/mol. The number of nitriles is 1. The fourth-order valence-corrected chi connectivity index (χ4v) is 2.60. The van der Waals surface area contributed by atoms with E-state index in [0.29, 0.717) is 11.7 Å². The van der Waals surface area contributed by atoms with Crippen molar-refractivity contribution in [3.8, 4) is 6.07 Å². The molecule has 1 aromatic heterocycles. The van der Waals surface area contributed by atoms with E-state index in [4.69, 9.17) is 9.68 Å². The Labute approximate surface area is 119 Å². The van der Waals surface area contributed by atoms with Crippen LogP contribution in [0.5, 0.6) is 0 Å². The Morgan fingerprint density at radius 1 is 1.45 bits per heavy atom. The van der Waals surface area contributed by atoms with Gasteiger partial charge in [-0.3, -0.25) is 4.79 Å². The Bertz CT molecular complexity index is 551. The fraction of sp³-hybridized carbons (Fsp3) is 0.500. The normalized spacial score (nSPS) is 23.1. The molecule has 1 aliphatic rings. The molecular formula is C16H20N2O2. The number of hydrogen-bond acceptors (Lipinski definition) is 3. The first kappa shape index (κ1) is 14.4. The second-order valence-corrected chi connectivity index (χ2v) is 5.46. The Morgan fingerprint density at radius 3 is 2.80 bits per heavy atom. The summed E-state index contributed by atoms with van der Waals surface area (Å²) in [6.07, 6.45) is 5.98. The van der Waals surface area contributed by atoms with E-state index in [9.17, 15) is 4.79 Å². The highest BCUT2D eigenvalue weighted by molar-refractivity contribution is 6.01. The van der Waals surface area contributed by atoms with E-state index in [2.05, 4.69) is 12.2 Å². The van der Waals surface area contributed by atoms with Crippen LogP contribution in [0.3, 0.4) is 0 Å². The number of carbonyl (C=O) groups excluding carboxylic acids is 1. The lowest BCUT2D eigenvalue weighted by Gasteiger charge is -2.29. The molecule has 1 aliphatic carbocycles. The van der Waals surface area contributed by atoms with Crippen molar-refractivity contribution in [1.82, 2.24) is 5.32 Å². The fourth-order valence-electron chi connectivity index (χ4n) is 2.60. The summed E-state index contributed by atoms with van der Waals surface area (Å²) in [6, 6.07) is 5.69. The largest absolute Gasteiger partial charge is 0.462 e. The van der Waals surface area contributed by atoms with Gasteiger partial charge in [0, 0.05) is 12.1 Å². The van der Waals surface area contributed by atoms with Gasteiger partial charge in [-0.15, -0.1) is 0 Å². The summed E-state index contributed by atoms with van der Waals surface area (Å²) in [5.74, 6) is 1.46. The highest BCUT2D eigenvalue weighted by Crippen LogP contribution is 2.24. The molecule has 106 valence electrons. The van der Waals surface area contributed by atoms with Gasteiger partial charge >= 0.3 is 0 Å². The summed E-state index contributed by atoms with van der Waals surface area (Å²) in [5, 5.41) is 12.1. The predicted octanol–water partition coefficient (Wildman–Crippen LogP) is 3.19. The van der Waals surface area contributed by atoms with Gasteiger partial charge in [-0.05, 0) is 37.8 Å². The van der Waals surface area contributed by atoms with Crippen LogP contribution >= 0.6 is 0 Å². The highest BCUT2D eigenvalue weighted by atomic mass is 16.3. The minimum absolute atomic E-state index is 0.0946. The second kappa shape index (κ2) is 6.42. The van der Waals surface area contributed by atoms with Crippen molar-refractivity contribution in [3.05, 3.63) is 29.2 Å². The van der Waals surface area contributed by atoms with Crippen LogP contribution < -0.4 is 5.32 Å². The maximum Gasteiger partial charge on any atom is 0.262 e. The SMILES string of the molecule is Cc1ccc(/C=C(/C#N)C(=O)N[C@H]2CCCC[C@H]2C)o1. The lowest BCUT2D eigenvalue weighted by atomic mass is 9.86. The molecular weight excluding hydrogens is 252 g/mol. The van der Waals surface area contributed by atoms with Gasteiger partial charge in [-0.2, -0.15) is 5.26 Å². The van der Waals surface area contributed by atoms with Crippen molar-refractivity contribution in [1.29, 1.82) is 5.26 Å². The molecule has 0 unspecified atom stereocenters. The third-order valence-corrected chi connectivity index (χ3v) is 3.84. The van der Waals surface area contributed by atoms with Gasteiger partial charge < -0.3 is 9.73 Å². The summed E-state index contributed by atoms with van der Waals surface area (Å²) < 4.78 is 5.37. The van der Waals surface area contributed by atoms with E-state index >= 15 is 0 Å². The molecule has 0 aromatic carbocycles. The first-order valence-electron chi connectivity index (χ1n) is 7.09. The van der Waals surface area contributed by atoms with Gasteiger partial charge in [0.25, 0.3) is 5.91 Å². The molecule has 1 fully saturated rings. The second-order valence-electron chi connectivity index (χ2n) is 5.46. The first-order chi connectivity index (χ1) is 9.60. The van der Waals surface area contributed by atoms with Gasteiger partial charge in [0.2, 0.25) is 0 Å². The third kappa shape index (κ3) is 3.51. The Balaban J connectivity index is 2.06. The van der Waals surface area contributed by atoms with Crippen LogP contribution in [-0.2, 0) is 4.79 Å². The molecule has 20 heavy (non-hydrogen) atoms. The van der Waals surface area contributed by atoms with E-state index in [-0.39, 0.29) is 17.5 Å². The van der Waals surface area contributed by atoms with E-state index in [1.54, 1.807) is 6.07 Å². The number of nitrogens with zero attached hydrogens (tertiary/aromatic N) is 1. The molecule has 4 nitrogen and oxygen atoms in total. The van der Waals surface area contributed by atoms with Crippen molar-refractivity contribution in [2.24, 2.45) is 5.92 Å². The van der Waals surface area contributed by atoms with Crippen LogP contribution in [0.1, 0.15) is 44.1 Å². The van der Waals surface area contributed by atoms with Crippen LogP contribution in [0, 0.1) is 24.2 Å². The van der Waals surface area contributed by atoms with Crippen LogP contribution in [0.2, 0.25) is 0 Å². The number of hydrogen-bond donors (Lipinski definition) is 1. The molecule has 0 radical (unpaired) electrons. The minimum atomic E-state index is -0.305. The zero-order valence-electron chi connectivity index (χ0n) is 12.0. The van der Waals surface area contributed by atoms with Gasteiger partial charge in [-0.1, -0.05) is 19.8 Å². The summed E-state index contributed by atoms with van der Waals surface area (Å²) in [7, 11) is 0. The van der Waals surface area contributed by atoms with E-state index in [1.165, 1.54) is 12.5 Å². The number of rotatable bonds is 3. The number of furan rings is 1. The summed E-state index contributed by atoms with van der Waals surface area (Å²) in [6.45, 7) is 3.98. The van der Waals surface area contributed by atoms with Gasteiger partial charge in [-0.25, -0.2) is 0 Å². The Kier molecular flexibility index (Phi) is 4.62.